The van der Waals surface area contributed by atoms with Crippen molar-refractivity contribution in [3.05, 3.63) is 113 Å². The topological polar surface area (TPSA) is 73.1 Å². The van der Waals surface area contributed by atoms with Gasteiger partial charge in [-0.15, -0.1) is 0 Å². The summed E-state index contributed by atoms with van der Waals surface area (Å²) < 4.78 is 13.1. The number of benzene rings is 3. The van der Waals surface area contributed by atoms with Crippen molar-refractivity contribution in [1.82, 2.24) is 4.57 Å². The second-order valence-electron chi connectivity index (χ2n) is 8.94. The largest absolute Gasteiger partial charge is 0.503 e. The summed E-state index contributed by atoms with van der Waals surface area (Å²) >= 11 is 7.54. The van der Waals surface area contributed by atoms with E-state index in [9.17, 15) is 9.90 Å². The van der Waals surface area contributed by atoms with Crippen molar-refractivity contribution in [3.63, 3.8) is 0 Å². The third-order valence-corrected chi connectivity index (χ3v) is 8.12. The summed E-state index contributed by atoms with van der Waals surface area (Å²) in [4.78, 5) is 19.6. The maximum Gasteiger partial charge on any atom is 0.271 e. The van der Waals surface area contributed by atoms with Crippen LogP contribution in [0.4, 0.5) is 0 Å². The van der Waals surface area contributed by atoms with Gasteiger partial charge in [-0.3, -0.25) is 9.36 Å². The molecular weight excluding hydrogens is 508 g/mol. The first-order valence-corrected chi connectivity index (χ1v) is 13.0. The number of ether oxygens (including phenoxy) is 2. The summed E-state index contributed by atoms with van der Waals surface area (Å²) in [6, 6.07) is 19.2. The average Bonchev–Trinajstić information content (AvgIpc) is 3.23. The highest BCUT2D eigenvalue weighted by Gasteiger charge is 2.32. The fraction of sp³-hybridized carbons (Fsp3) is 0.172. The standard InChI is InChI=1S/C29H23ClN2O4S/c1-35-19-8-5-7-18(15-19)26-21-11-10-17-6-3-4-9-20(17)25(21)31-29-32(26)28(34)24(37-29)14-16-12-22(30)27(33)23(13-16)36-2/h3-9,12-15,26,33H,10-11H2,1-2H3/b24-14-/t26-/m0/s1. The molecule has 0 fully saturated rings. The molecule has 6 nitrogen and oxygen atoms in total. The molecule has 1 aliphatic carbocycles. The second-order valence-corrected chi connectivity index (χ2v) is 10.4. The van der Waals surface area contributed by atoms with E-state index in [4.69, 9.17) is 26.1 Å². The molecule has 4 aromatic rings. The molecule has 0 unspecified atom stereocenters. The molecule has 1 atom stereocenters. The number of aromatic nitrogens is 1. The van der Waals surface area contributed by atoms with Gasteiger partial charge in [-0.05, 0) is 65.4 Å². The van der Waals surface area contributed by atoms with E-state index in [1.807, 2.05) is 30.3 Å². The molecular formula is C29H23ClN2O4S. The highest BCUT2D eigenvalue weighted by Crippen LogP contribution is 2.41. The Balaban J connectivity index is 1.61. The molecule has 2 heterocycles. The van der Waals surface area contributed by atoms with E-state index in [0.717, 1.165) is 41.0 Å². The van der Waals surface area contributed by atoms with E-state index < -0.39 is 0 Å². The lowest BCUT2D eigenvalue weighted by molar-refractivity contribution is 0.373. The van der Waals surface area contributed by atoms with Crippen LogP contribution in [0.3, 0.4) is 0 Å². The van der Waals surface area contributed by atoms with Gasteiger partial charge in [0.15, 0.2) is 16.3 Å². The molecule has 186 valence electrons. The number of phenols is 1. The zero-order chi connectivity index (χ0) is 25.7. The van der Waals surface area contributed by atoms with Crippen LogP contribution in [0, 0.1) is 0 Å². The number of nitrogens with zero attached hydrogens (tertiary/aromatic N) is 2. The molecule has 1 aliphatic heterocycles. The van der Waals surface area contributed by atoms with E-state index in [1.54, 1.807) is 29.9 Å². The van der Waals surface area contributed by atoms with Crippen LogP contribution in [0.25, 0.3) is 11.8 Å². The fourth-order valence-corrected chi connectivity index (χ4v) is 6.34. The molecule has 0 bridgehead atoms. The molecule has 0 saturated heterocycles. The highest BCUT2D eigenvalue weighted by atomic mass is 35.5. The van der Waals surface area contributed by atoms with Gasteiger partial charge in [0.2, 0.25) is 0 Å². The Bertz CT molecular complexity index is 1770. The van der Waals surface area contributed by atoms with Gasteiger partial charge in [-0.1, -0.05) is 59.3 Å². The summed E-state index contributed by atoms with van der Waals surface area (Å²) in [5.41, 5.74) is 5.94. The SMILES string of the molecule is COc1cccc([C@H]2C3=C(N=c4s/c(=C\c5cc(Cl)c(O)c(OC)c5)c(=O)n42)c2ccccc2CC3)c1. The number of rotatable bonds is 4. The number of methoxy groups -OCH3 is 2. The Labute approximate surface area is 222 Å². The van der Waals surface area contributed by atoms with Crippen molar-refractivity contribution in [3.8, 4) is 17.2 Å². The molecule has 0 spiro atoms. The maximum absolute atomic E-state index is 13.9. The van der Waals surface area contributed by atoms with E-state index in [1.165, 1.54) is 24.0 Å². The lowest BCUT2D eigenvalue weighted by Gasteiger charge is -2.31. The first-order valence-electron chi connectivity index (χ1n) is 11.8. The van der Waals surface area contributed by atoms with Crippen molar-refractivity contribution >= 4 is 34.7 Å². The van der Waals surface area contributed by atoms with Gasteiger partial charge in [0.05, 0.1) is 35.5 Å². The fourth-order valence-electron chi connectivity index (χ4n) is 5.12. The van der Waals surface area contributed by atoms with Crippen LogP contribution in [0.2, 0.25) is 5.02 Å². The Kier molecular flexibility index (Phi) is 5.89. The molecule has 2 aliphatic rings. The van der Waals surface area contributed by atoms with Crippen LogP contribution in [0.15, 0.2) is 76.0 Å². The van der Waals surface area contributed by atoms with Crippen LogP contribution in [-0.4, -0.2) is 23.9 Å². The van der Waals surface area contributed by atoms with Gasteiger partial charge in [0.1, 0.15) is 5.75 Å². The van der Waals surface area contributed by atoms with Crippen molar-refractivity contribution in [2.24, 2.45) is 4.99 Å². The third kappa shape index (κ3) is 3.95. The van der Waals surface area contributed by atoms with Crippen LogP contribution in [-0.2, 0) is 6.42 Å². The first kappa shape index (κ1) is 23.6. The van der Waals surface area contributed by atoms with Gasteiger partial charge < -0.3 is 14.6 Å². The molecule has 0 radical (unpaired) electrons. The number of phenolic OH excluding ortho intramolecular Hbond substituents is 1. The summed E-state index contributed by atoms with van der Waals surface area (Å²) in [7, 11) is 3.10. The number of aromatic hydroxyl groups is 1. The van der Waals surface area contributed by atoms with E-state index in [0.29, 0.717) is 14.9 Å². The van der Waals surface area contributed by atoms with Gasteiger partial charge in [0.25, 0.3) is 5.56 Å². The number of hydrogen-bond acceptors (Lipinski definition) is 6. The predicted molar refractivity (Wildman–Crippen MR) is 145 cm³/mol. The molecule has 6 rings (SSSR count). The smallest absolute Gasteiger partial charge is 0.271 e. The maximum atomic E-state index is 13.9. The zero-order valence-corrected chi connectivity index (χ0v) is 21.8. The molecule has 37 heavy (non-hydrogen) atoms. The summed E-state index contributed by atoms with van der Waals surface area (Å²) in [5.74, 6) is 0.848. The zero-order valence-electron chi connectivity index (χ0n) is 20.2. The van der Waals surface area contributed by atoms with Crippen LogP contribution in [0.1, 0.15) is 34.7 Å². The minimum atomic E-state index is -0.296. The minimum Gasteiger partial charge on any atom is -0.503 e. The van der Waals surface area contributed by atoms with Gasteiger partial charge in [0, 0.05) is 5.56 Å². The lowest BCUT2D eigenvalue weighted by Crippen LogP contribution is -2.38. The van der Waals surface area contributed by atoms with Crippen molar-refractivity contribution < 1.29 is 14.6 Å². The monoisotopic (exact) mass is 530 g/mol. The number of halogens is 1. The van der Waals surface area contributed by atoms with Crippen molar-refractivity contribution in [2.75, 3.05) is 14.2 Å². The van der Waals surface area contributed by atoms with Crippen LogP contribution in [0.5, 0.6) is 17.2 Å². The number of allylic oxidation sites excluding steroid dienone is 1. The Morgan fingerprint density at radius 3 is 2.73 bits per heavy atom. The molecule has 3 aromatic carbocycles. The Hall–Kier alpha value is -3.81. The highest BCUT2D eigenvalue weighted by molar-refractivity contribution is 7.07. The van der Waals surface area contributed by atoms with Gasteiger partial charge in [-0.25, -0.2) is 4.99 Å². The lowest BCUT2D eigenvalue weighted by atomic mass is 9.83. The van der Waals surface area contributed by atoms with Crippen LogP contribution >= 0.6 is 22.9 Å². The Morgan fingerprint density at radius 1 is 1.08 bits per heavy atom. The van der Waals surface area contributed by atoms with Crippen molar-refractivity contribution in [1.29, 1.82) is 0 Å². The third-order valence-electron chi connectivity index (χ3n) is 6.85. The molecule has 0 amide bonds. The number of hydrogen-bond donors (Lipinski definition) is 1. The molecule has 0 saturated carbocycles. The normalized spacial score (nSPS) is 16.5. The summed E-state index contributed by atoms with van der Waals surface area (Å²) in [6.07, 6.45) is 3.46. The first-order chi connectivity index (χ1) is 18.0. The molecule has 8 heteroatoms. The van der Waals surface area contributed by atoms with E-state index >= 15 is 0 Å². The van der Waals surface area contributed by atoms with Crippen molar-refractivity contribution in [2.45, 2.75) is 18.9 Å². The van der Waals surface area contributed by atoms with Crippen LogP contribution < -0.4 is 24.4 Å². The summed E-state index contributed by atoms with van der Waals surface area (Å²) in [6.45, 7) is 0. The van der Waals surface area contributed by atoms with E-state index in [-0.39, 0.29) is 28.1 Å². The second kappa shape index (κ2) is 9.25. The average molecular weight is 531 g/mol. The van der Waals surface area contributed by atoms with Gasteiger partial charge >= 0.3 is 0 Å². The molecule has 1 aromatic heterocycles. The quantitative estimate of drug-likeness (QED) is 0.415. The predicted octanol–water partition coefficient (Wildman–Crippen LogP) is 4.69. The minimum absolute atomic E-state index is 0.132. The number of aryl methyl sites for hydroxylation is 1. The number of fused-ring (bicyclic) bond motifs is 3. The summed E-state index contributed by atoms with van der Waals surface area (Å²) in [5, 5.41) is 10.3. The number of thiazole rings is 1. The van der Waals surface area contributed by atoms with Gasteiger partial charge in [-0.2, -0.15) is 0 Å². The van der Waals surface area contributed by atoms with E-state index in [2.05, 4.69) is 18.2 Å². The molecule has 1 N–H and O–H groups in total. The Morgan fingerprint density at radius 2 is 1.92 bits per heavy atom.